The van der Waals surface area contributed by atoms with Crippen LogP contribution in [-0.2, 0) is 0 Å². The molecule has 17 heavy (non-hydrogen) atoms. The van der Waals surface area contributed by atoms with E-state index in [4.69, 9.17) is 5.26 Å². The Morgan fingerprint density at radius 1 is 0.941 bits per heavy atom. The Morgan fingerprint density at radius 3 is 1.65 bits per heavy atom. The van der Waals surface area contributed by atoms with Crippen molar-refractivity contribution < 1.29 is 0 Å². The van der Waals surface area contributed by atoms with Gasteiger partial charge in [0.05, 0.1) is 0 Å². The van der Waals surface area contributed by atoms with Gasteiger partial charge in [0.1, 0.15) is 0 Å². The molecule has 0 aliphatic heterocycles. The normalized spacial score (nSPS) is 10.9. The van der Waals surface area contributed by atoms with Crippen molar-refractivity contribution in [1.29, 1.82) is 5.26 Å². The second kappa shape index (κ2) is 11.3. The number of hydrogen-bond acceptors (Lipinski definition) is 1. The van der Waals surface area contributed by atoms with Crippen LogP contribution in [0.5, 0.6) is 0 Å². The third kappa shape index (κ3) is 8.02. The molecule has 0 aromatic heterocycles. The SMILES string of the molecule is CCCCP(CCCC)(CCCC)=[P+]=CC#N. The molecular formula is C14H28NP2+. The van der Waals surface area contributed by atoms with Crippen LogP contribution in [0.4, 0.5) is 0 Å². The second-order valence-electron chi connectivity index (χ2n) is 4.70. The first-order valence-corrected chi connectivity index (χ1v) is 11.1. The molecule has 0 atom stereocenters. The van der Waals surface area contributed by atoms with Crippen molar-refractivity contribution in [2.24, 2.45) is 0 Å². The van der Waals surface area contributed by atoms with E-state index >= 15 is 0 Å². The van der Waals surface area contributed by atoms with Crippen molar-refractivity contribution >= 4 is 19.8 Å². The summed E-state index contributed by atoms with van der Waals surface area (Å²) in [5.41, 5.74) is 0. The van der Waals surface area contributed by atoms with Gasteiger partial charge in [-0.25, -0.2) is 0 Å². The van der Waals surface area contributed by atoms with Crippen molar-refractivity contribution in [1.82, 2.24) is 0 Å². The maximum absolute atomic E-state index is 8.81. The van der Waals surface area contributed by atoms with Gasteiger partial charge in [0.15, 0.2) is 0 Å². The van der Waals surface area contributed by atoms with Crippen molar-refractivity contribution in [3.63, 3.8) is 0 Å². The summed E-state index contributed by atoms with van der Waals surface area (Å²) in [4.78, 5) is 0. The zero-order valence-corrected chi connectivity index (χ0v) is 13.6. The third-order valence-corrected chi connectivity index (χ3v) is 10.9. The summed E-state index contributed by atoms with van der Waals surface area (Å²) >= 11 is 0. The Bertz CT molecular complexity index is 280. The Kier molecular flexibility index (Phi) is 11.5. The zero-order valence-electron chi connectivity index (χ0n) is 11.8. The average Bonchev–Trinajstić information content (AvgIpc) is 2.37. The van der Waals surface area contributed by atoms with Crippen molar-refractivity contribution in [3.05, 3.63) is 0 Å². The predicted octanol–water partition coefficient (Wildman–Crippen LogP) is 5.59. The average molecular weight is 272 g/mol. The first-order chi connectivity index (χ1) is 8.24. The zero-order chi connectivity index (χ0) is 13.0. The topological polar surface area (TPSA) is 23.8 Å². The Labute approximate surface area is 109 Å². The van der Waals surface area contributed by atoms with Crippen LogP contribution in [-0.4, -0.2) is 24.3 Å². The quantitative estimate of drug-likeness (QED) is 0.502. The van der Waals surface area contributed by atoms with Crippen LogP contribution in [0, 0.1) is 11.3 Å². The number of nitriles is 1. The molecule has 1 nitrogen and oxygen atoms in total. The maximum atomic E-state index is 8.81. The summed E-state index contributed by atoms with van der Waals surface area (Å²) in [6.07, 6.45) is 12.2. The fourth-order valence-electron chi connectivity index (χ4n) is 2.01. The fraction of sp³-hybridized carbons (Fsp3) is 0.857. The molecule has 0 aromatic carbocycles. The molecule has 0 saturated carbocycles. The standard InChI is InChI=1S/C14H28NP2/c1-4-7-12-17(13-8-5-2,14-9-6-3)16-11-10-15/h11H,4-9,12-14H2,1-3H3/q+1. The minimum atomic E-state index is -0.868. The molecule has 0 amide bonds. The van der Waals surface area contributed by atoms with Gasteiger partial charge in [0, 0.05) is 0 Å². The summed E-state index contributed by atoms with van der Waals surface area (Å²) in [5.74, 6) is 1.86. The molecule has 0 fully saturated rings. The fourth-order valence-corrected chi connectivity index (χ4v) is 9.24. The van der Waals surface area contributed by atoms with Gasteiger partial charge in [-0.2, -0.15) is 0 Å². The summed E-state index contributed by atoms with van der Waals surface area (Å²) in [6, 6.07) is 2.24. The molecule has 0 bridgehead atoms. The third-order valence-electron chi connectivity index (χ3n) is 3.14. The van der Waals surface area contributed by atoms with Gasteiger partial charge in [-0.3, -0.25) is 0 Å². The van der Waals surface area contributed by atoms with E-state index in [1.807, 2.05) is 5.80 Å². The van der Waals surface area contributed by atoms with Crippen molar-refractivity contribution in [3.8, 4) is 6.07 Å². The van der Waals surface area contributed by atoms with Crippen LogP contribution >= 0.6 is 14.0 Å². The molecule has 0 aliphatic carbocycles. The van der Waals surface area contributed by atoms with Gasteiger partial charge in [0.25, 0.3) is 0 Å². The molecule has 0 aromatic rings. The number of unbranched alkanes of at least 4 members (excludes halogenated alkanes) is 3. The molecule has 0 unspecified atom stereocenters. The first-order valence-electron chi connectivity index (χ1n) is 7.04. The van der Waals surface area contributed by atoms with E-state index in [2.05, 4.69) is 26.8 Å². The molecule has 0 aliphatic rings. The monoisotopic (exact) mass is 272 g/mol. The number of nitrogens with zero attached hydrogens (tertiary/aromatic N) is 1. The second-order valence-corrected chi connectivity index (χ2v) is 12.0. The van der Waals surface area contributed by atoms with Gasteiger partial charge in [-0.05, 0) is 0 Å². The molecule has 0 saturated heterocycles. The molecule has 0 radical (unpaired) electrons. The van der Waals surface area contributed by atoms with E-state index in [1.165, 1.54) is 64.5 Å². The van der Waals surface area contributed by atoms with Crippen LogP contribution < -0.4 is 0 Å². The molecule has 98 valence electrons. The molecule has 0 rings (SSSR count). The van der Waals surface area contributed by atoms with Gasteiger partial charge >= 0.3 is 109 Å². The van der Waals surface area contributed by atoms with Crippen LogP contribution in [0.15, 0.2) is 0 Å². The van der Waals surface area contributed by atoms with Gasteiger partial charge in [0.2, 0.25) is 0 Å². The van der Waals surface area contributed by atoms with Gasteiger partial charge in [-0.15, -0.1) is 0 Å². The summed E-state index contributed by atoms with van der Waals surface area (Å²) < 4.78 is 0. The molecule has 3 heteroatoms. The molecule has 0 spiro atoms. The van der Waals surface area contributed by atoms with Crippen LogP contribution in [0.3, 0.4) is 0 Å². The van der Waals surface area contributed by atoms with E-state index < -0.39 is 6.55 Å². The predicted molar refractivity (Wildman–Crippen MR) is 84.8 cm³/mol. The summed E-state index contributed by atoms with van der Waals surface area (Å²) in [6.45, 7) is 5.96. The van der Waals surface area contributed by atoms with E-state index in [9.17, 15) is 0 Å². The van der Waals surface area contributed by atoms with E-state index in [1.54, 1.807) is 0 Å². The first kappa shape index (κ1) is 17.2. The Hall–Kier alpha value is 0.220. The van der Waals surface area contributed by atoms with Crippen molar-refractivity contribution in [2.45, 2.75) is 59.3 Å². The molecule has 0 N–H and O–H groups in total. The van der Waals surface area contributed by atoms with Gasteiger partial charge in [-0.1, -0.05) is 0 Å². The summed E-state index contributed by atoms with van der Waals surface area (Å²) in [5, 5.41) is 8.81. The van der Waals surface area contributed by atoms with Gasteiger partial charge < -0.3 is 0 Å². The summed E-state index contributed by atoms with van der Waals surface area (Å²) in [7, 11) is 1.38. The van der Waals surface area contributed by atoms with E-state index in [-0.39, 0.29) is 0 Å². The number of hydrogen-bond donors (Lipinski definition) is 0. The van der Waals surface area contributed by atoms with Crippen LogP contribution in [0.25, 0.3) is 0 Å². The van der Waals surface area contributed by atoms with Crippen LogP contribution in [0.1, 0.15) is 59.3 Å². The van der Waals surface area contributed by atoms with E-state index in [0.29, 0.717) is 0 Å². The molecule has 0 heterocycles. The van der Waals surface area contributed by atoms with E-state index in [0.717, 1.165) is 0 Å². The Balaban J connectivity index is 4.93. The number of rotatable bonds is 9. The molecular weight excluding hydrogens is 244 g/mol. The van der Waals surface area contributed by atoms with Crippen LogP contribution in [0.2, 0.25) is 0 Å². The van der Waals surface area contributed by atoms with Crippen molar-refractivity contribution in [2.75, 3.05) is 18.5 Å². The minimum absolute atomic E-state index is 0.868. The Morgan fingerprint density at radius 2 is 1.35 bits per heavy atom.